The van der Waals surface area contributed by atoms with Crippen LogP contribution < -0.4 is 5.32 Å². The second-order valence-corrected chi connectivity index (χ2v) is 9.67. The number of allylic oxidation sites excluding steroid dienone is 2. The highest BCUT2D eigenvalue weighted by molar-refractivity contribution is 8.01. The molecule has 8 heteroatoms. The molecular weight excluding hydrogens is 443 g/mol. The molecule has 0 fully saturated rings. The van der Waals surface area contributed by atoms with Crippen LogP contribution in [0.1, 0.15) is 19.4 Å². The number of thioether (sulfide) groups is 1. The highest BCUT2D eigenvalue weighted by Crippen LogP contribution is 2.43. The van der Waals surface area contributed by atoms with E-state index in [-0.39, 0.29) is 11.7 Å². The van der Waals surface area contributed by atoms with Gasteiger partial charge in [0.1, 0.15) is 12.5 Å². The lowest BCUT2D eigenvalue weighted by Crippen LogP contribution is -2.39. The molecule has 162 valence electrons. The summed E-state index contributed by atoms with van der Waals surface area (Å²) in [4.78, 5) is 22.3. The van der Waals surface area contributed by atoms with Crippen molar-refractivity contribution in [2.75, 3.05) is 6.67 Å². The van der Waals surface area contributed by atoms with Gasteiger partial charge in [0, 0.05) is 16.7 Å². The molecule has 3 rings (SSSR count). The number of nitriles is 1. The Morgan fingerprint density at radius 3 is 2.75 bits per heavy atom. The largest absolute Gasteiger partial charge is 0.310 e. The molecule has 2 aromatic carbocycles. The highest BCUT2D eigenvalue weighted by atomic mass is 32.2. The Morgan fingerprint density at radius 1 is 1.34 bits per heavy atom. The number of thiazole rings is 1. The van der Waals surface area contributed by atoms with Gasteiger partial charge in [-0.15, -0.1) is 23.1 Å². The van der Waals surface area contributed by atoms with Crippen molar-refractivity contribution in [3.05, 3.63) is 72.0 Å². The molecule has 0 aliphatic heterocycles. The summed E-state index contributed by atoms with van der Waals surface area (Å²) in [6, 6.07) is 13.4. The molecule has 1 amide bonds. The van der Waals surface area contributed by atoms with E-state index in [1.807, 2.05) is 38.1 Å². The van der Waals surface area contributed by atoms with E-state index in [4.69, 9.17) is 5.26 Å². The number of halogens is 1. The molecule has 1 aromatic heterocycles. The second-order valence-electron chi connectivity index (χ2n) is 7.15. The Bertz CT molecular complexity index is 1240. The number of hydrogen-bond acceptors (Lipinski definition) is 6. The summed E-state index contributed by atoms with van der Waals surface area (Å²) >= 11 is 2.94. The number of carbonyl (C=O) groups excluding carboxylic acids is 1. The lowest BCUT2D eigenvalue weighted by atomic mass is 10.0. The topological polar surface area (TPSA) is 78.1 Å². The summed E-state index contributed by atoms with van der Waals surface area (Å²) in [5.41, 5.74) is 5.15. The van der Waals surface area contributed by atoms with Crippen molar-refractivity contribution in [3.8, 4) is 17.2 Å². The number of hydrogen-bond donors (Lipinski definition) is 1. The number of aliphatic imine (C=N–C) groups is 1. The molecule has 1 heterocycles. The maximum Gasteiger partial charge on any atom is 0.241 e. The average Bonchev–Trinajstić information content (AvgIpc) is 3.26. The first kappa shape index (κ1) is 23.4. The fraction of sp³-hybridized carbons (Fsp3) is 0.167. The highest BCUT2D eigenvalue weighted by Gasteiger charge is 2.31. The zero-order chi connectivity index (χ0) is 23.1. The quantitative estimate of drug-likeness (QED) is 0.256. The van der Waals surface area contributed by atoms with Crippen LogP contribution in [0, 0.1) is 11.3 Å². The fourth-order valence-electron chi connectivity index (χ4n) is 2.93. The van der Waals surface area contributed by atoms with Gasteiger partial charge in [-0.1, -0.05) is 24.8 Å². The predicted molar refractivity (Wildman–Crippen MR) is 131 cm³/mol. The first-order chi connectivity index (χ1) is 15.4. The molecule has 0 saturated carbocycles. The van der Waals surface area contributed by atoms with Crippen LogP contribution in [0.5, 0.6) is 0 Å². The van der Waals surface area contributed by atoms with Crippen molar-refractivity contribution in [3.63, 3.8) is 0 Å². The standard InChI is InChI=1S/C24H21FN4OS2/c1-4-5-20(27-13-12-25)29-23(30)24(2,3)32-19-11-10-18-22(31-15-28-18)21(19)17-8-6-16(14-26)7-9-17/h4-11,13,15H,1,12H2,2-3H3,(H,29,30)/b20-5+,27-13?. The van der Waals surface area contributed by atoms with E-state index >= 15 is 0 Å². The van der Waals surface area contributed by atoms with Gasteiger partial charge >= 0.3 is 0 Å². The van der Waals surface area contributed by atoms with Crippen molar-refractivity contribution in [1.82, 2.24) is 10.3 Å². The Kier molecular flexibility index (Phi) is 7.57. The van der Waals surface area contributed by atoms with Crippen LogP contribution in [-0.4, -0.2) is 28.5 Å². The molecule has 3 aromatic rings. The van der Waals surface area contributed by atoms with Crippen molar-refractivity contribution in [2.45, 2.75) is 23.5 Å². The zero-order valence-electron chi connectivity index (χ0n) is 17.6. The number of fused-ring (bicyclic) bond motifs is 1. The van der Waals surface area contributed by atoms with Crippen LogP contribution in [0.25, 0.3) is 21.3 Å². The predicted octanol–water partition coefficient (Wildman–Crippen LogP) is 5.89. The smallest absolute Gasteiger partial charge is 0.241 e. The van der Waals surface area contributed by atoms with E-state index in [1.54, 1.807) is 17.6 Å². The third kappa shape index (κ3) is 5.31. The summed E-state index contributed by atoms with van der Waals surface area (Å²) in [6.07, 6.45) is 4.07. The van der Waals surface area contributed by atoms with Gasteiger partial charge in [-0.25, -0.2) is 14.4 Å². The van der Waals surface area contributed by atoms with Crippen LogP contribution >= 0.6 is 23.1 Å². The Labute approximate surface area is 194 Å². The summed E-state index contributed by atoms with van der Waals surface area (Å²) < 4.78 is 12.6. The molecule has 0 aliphatic rings. The molecule has 32 heavy (non-hydrogen) atoms. The molecule has 1 N–H and O–H groups in total. The van der Waals surface area contributed by atoms with E-state index in [0.717, 1.165) is 32.5 Å². The SMILES string of the molecule is C=C/C=C(\N=CCF)NC(=O)C(C)(C)Sc1ccc2ncsc2c1-c1ccc(C#N)cc1. The summed E-state index contributed by atoms with van der Waals surface area (Å²) in [5, 5.41) is 11.9. The van der Waals surface area contributed by atoms with E-state index in [9.17, 15) is 9.18 Å². The van der Waals surface area contributed by atoms with Gasteiger partial charge in [0.25, 0.3) is 0 Å². The molecule has 0 saturated heterocycles. The minimum absolute atomic E-state index is 0.224. The number of rotatable bonds is 8. The van der Waals surface area contributed by atoms with Crippen LogP contribution in [0.4, 0.5) is 4.39 Å². The monoisotopic (exact) mass is 464 g/mol. The van der Waals surface area contributed by atoms with Gasteiger partial charge in [-0.3, -0.25) is 4.79 Å². The molecule has 0 spiro atoms. The van der Waals surface area contributed by atoms with Crippen LogP contribution in [0.2, 0.25) is 0 Å². The summed E-state index contributed by atoms with van der Waals surface area (Å²) in [5.74, 6) is -0.0525. The lowest BCUT2D eigenvalue weighted by molar-refractivity contribution is -0.121. The third-order valence-electron chi connectivity index (χ3n) is 4.49. The van der Waals surface area contributed by atoms with Crippen LogP contribution in [0.15, 0.2) is 76.3 Å². The number of aromatic nitrogens is 1. The van der Waals surface area contributed by atoms with E-state index in [0.29, 0.717) is 5.56 Å². The first-order valence-electron chi connectivity index (χ1n) is 9.68. The fourth-order valence-corrected chi connectivity index (χ4v) is 5.00. The molecule has 0 bridgehead atoms. The molecule has 0 radical (unpaired) electrons. The van der Waals surface area contributed by atoms with E-state index < -0.39 is 11.4 Å². The van der Waals surface area contributed by atoms with Crippen LogP contribution in [0.3, 0.4) is 0 Å². The van der Waals surface area contributed by atoms with Crippen LogP contribution in [-0.2, 0) is 4.79 Å². The number of carbonyl (C=O) groups is 1. The van der Waals surface area contributed by atoms with Crippen molar-refractivity contribution in [2.24, 2.45) is 4.99 Å². The van der Waals surface area contributed by atoms with Gasteiger partial charge in [0.15, 0.2) is 0 Å². The zero-order valence-corrected chi connectivity index (χ0v) is 19.3. The number of nitrogens with zero attached hydrogens (tertiary/aromatic N) is 3. The van der Waals surface area contributed by atoms with E-state index in [2.05, 4.69) is 27.9 Å². The van der Waals surface area contributed by atoms with Gasteiger partial charge in [0.2, 0.25) is 5.91 Å². The number of nitrogens with one attached hydrogen (secondary N) is 1. The van der Waals surface area contributed by atoms with Crippen molar-refractivity contribution < 1.29 is 9.18 Å². The maximum atomic E-state index is 13.0. The molecule has 0 unspecified atom stereocenters. The number of alkyl halides is 1. The van der Waals surface area contributed by atoms with Gasteiger partial charge in [-0.05, 0) is 49.8 Å². The summed E-state index contributed by atoms with van der Waals surface area (Å²) in [7, 11) is 0. The van der Waals surface area contributed by atoms with Gasteiger partial charge in [0.05, 0.1) is 32.1 Å². The average molecular weight is 465 g/mol. The lowest BCUT2D eigenvalue weighted by Gasteiger charge is -2.24. The first-order valence-corrected chi connectivity index (χ1v) is 11.4. The normalized spacial score (nSPS) is 12.1. The van der Waals surface area contributed by atoms with E-state index in [1.165, 1.54) is 35.3 Å². The molecular formula is C24H21FN4OS2. The number of benzene rings is 2. The molecule has 0 aliphatic carbocycles. The minimum Gasteiger partial charge on any atom is -0.310 e. The van der Waals surface area contributed by atoms with Gasteiger partial charge in [-0.2, -0.15) is 5.26 Å². The minimum atomic E-state index is -0.870. The molecule has 0 atom stereocenters. The second kappa shape index (κ2) is 10.4. The number of amides is 1. The van der Waals surface area contributed by atoms with Crippen molar-refractivity contribution in [1.29, 1.82) is 5.26 Å². The Balaban J connectivity index is 1.97. The third-order valence-corrected chi connectivity index (χ3v) is 6.61. The van der Waals surface area contributed by atoms with Gasteiger partial charge < -0.3 is 5.32 Å². The molecule has 5 nitrogen and oxygen atoms in total. The Hall–Kier alpha value is -3.28. The summed E-state index contributed by atoms with van der Waals surface area (Å²) in [6.45, 7) is 6.50. The van der Waals surface area contributed by atoms with Crippen molar-refractivity contribution >= 4 is 45.4 Å². The Morgan fingerprint density at radius 2 is 2.09 bits per heavy atom. The maximum absolute atomic E-state index is 13.0.